The number of benzene rings is 2. The van der Waals surface area contributed by atoms with Crippen LogP contribution in [0.2, 0.25) is 10.0 Å². The van der Waals surface area contributed by atoms with Crippen LogP contribution in [0.1, 0.15) is 5.56 Å². The van der Waals surface area contributed by atoms with Crippen LogP contribution in [-0.4, -0.2) is 54.8 Å². The lowest BCUT2D eigenvalue weighted by atomic mass is 10.0. The van der Waals surface area contributed by atoms with Gasteiger partial charge in [-0.3, -0.25) is 9.59 Å². The van der Waals surface area contributed by atoms with Gasteiger partial charge in [-0.15, -0.1) is 0 Å². The standard InChI is InChI=1S/C21H19Cl2N3O2/c1-24-10-12-25(13-11-24)19-18(14-2-4-15(22)5-3-14)20(27)26(21(19)28)17-8-6-16(23)7-9-17/h2-9H,10-13H2,1H3. The number of rotatable bonds is 3. The molecule has 2 heterocycles. The van der Waals surface area contributed by atoms with Crippen LogP contribution in [-0.2, 0) is 9.59 Å². The van der Waals surface area contributed by atoms with Crippen LogP contribution in [0.25, 0.3) is 5.57 Å². The van der Waals surface area contributed by atoms with Gasteiger partial charge in [0.05, 0.1) is 11.3 Å². The molecule has 0 aromatic heterocycles. The molecule has 0 bridgehead atoms. The summed E-state index contributed by atoms with van der Waals surface area (Å²) in [5, 5.41) is 1.13. The average molecular weight is 416 g/mol. The van der Waals surface area contributed by atoms with Gasteiger partial charge in [-0.2, -0.15) is 0 Å². The number of hydrogen-bond acceptors (Lipinski definition) is 4. The Morgan fingerprint density at radius 2 is 1.29 bits per heavy atom. The summed E-state index contributed by atoms with van der Waals surface area (Å²) in [5.74, 6) is -0.634. The van der Waals surface area contributed by atoms with Crippen LogP contribution in [0.15, 0.2) is 54.2 Å². The molecule has 4 rings (SSSR count). The summed E-state index contributed by atoms with van der Waals surface area (Å²) < 4.78 is 0. The van der Waals surface area contributed by atoms with Crippen molar-refractivity contribution in [3.63, 3.8) is 0 Å². The highest BCUT2D eigenvalue weighted by atomic mass is 35.5. The summed E-state index contributed by atoms with van der Waals surface area (Å²) in [6, 6.07) is 13.7. The van der Waals surface area contributed by atoms with E-state index in [9.17, 15) is 9.59 Å². The third-order valence-electron chi connectivity index (χ3n) is 5.10. The summed E-state index contributed by atoms with van der Waals surface area (Å²) in [4.78, 5) is 32.2. The maximum absolute atomic E-state index is 13.4. The minimum Gasteiger partial charge on any atom is -0.364 e. The number of likely N-dealkylation sites (N-methyl/N-ethyl adjacent to an activating group) is 1. The molecular formula is C21H19Cl2N3O2. The molecule has 0 N–H and O–H groups in total. The van der Waals surface area contributed by atoms with Crippen molar-refractivity contribution >= 4 is 46.3 Å². The van der Waals surface area contributed by atoms with Crippen LogP contribution >= 0.6 is 23.2 Å². The van der Waals surface area contributed by atoms with Crippen molar-refractivity contribution in [1.82, 2.24) is 9.80 Å². The molecule has 0 spiro atoms. The molecule has 0 aliphatic carbocycles. The number of anilines is 1. The van der Waals surface area contributed by atoms with Crippen molar-refractivity contribution in [2.75, 3.05) is 38.1 Å². The molecule has 2 aliphatic heterocycles. The summed E-state index contributed by atoms with van der Waals surface area (Å²) >= 11 is 12.0. The summed E-state index contributed by atoms with van der Waals surface area (Å²) in [6.07, 6.45) is 0. The Bertz CT molecular complexity index is 947. The smallest absolute Gasteiger partial charge is 0.282 e. The number of nitrogens with zero attached hydrogens (tertiary/aromatic N) is 3. The molecule has 0 unspecified atom stereocenters. The Balaban J connectivity index is 1.79. The molecule has 2 amide bonds. The van der Waals surface area contributed by atoms with Crippen molar-refractivity contribution in [3.05, 3.63) is 69.8 Å². The second kappa shape index (κ2) is 7.59. The zero-order valence-electron chi connectivity index (χ0n) is 15.4. The number of hydrogen-bond donors (Lipinski definition) is 0. The number of imide groups is 1. The molecule has 5 nitrogen and oxygen atoms in total. The van der Waals surface area contributed by atoms with Crippen LogP contribution in [0.3, 0.4) is 0 Å². The van der Waals surface area contributed by atoms with Crippen molar-refractivity contribution in [3.8, 4) is 0 Å². The van der Waals surface area contributed by atoms with Gasteiger partial charge < -0.3 is 9.80 Å². The number of carbonyl (C=O) groups excluding carboxylic acids is 2. The zero-order chi connectivity index (χ0) is 19.8. The molecule has 7 heteroatoms. The highest BCUT2D eigenvalue weighted by molar-refractivity contribution is 6.45. The van der Waals surface area contributed by atoms with Gasteiger partial charge in [0.2, 0.25) is 0 Å². The predicted molar refractivity (Wildman–Crippen MR) is 111 cm³/mol. The van der Waals surface area contributed by atoms with Gasteiger partial charge in [0, 0.05) is 36.2 Å². The van der Waals surface area contributed by atoms with E-state index in [0.29, 0.717) is 45.7 Å². The fourth-order valence-electron chi connectivity index (χ4n) is 3.54. The summed E-state index contributed by atoms with van der Waals surface area (Å²) in [6.45, 7) is 3.05. The first-order chi connectivity index (χ1) is 13.5. The zero-order valence-corrected chi connectivity index (χ0v) is 16.9. The lowest BCUT2D eigenvalue weighted by Crippen LogP contribution is -2.46. The van der Waals surface area contributed by atoms with Crippen LogP contribution in [0.5, 0.6) is 0 Å². The molecule has 2 aliphatic rings. The second-order valence-electron chi connectivity index (χ2n) is 6.94. The van der Waals surface area contributed by atoms with E-state index in [1.165, 1.54) is 4.90 Å². The maximum atomic E-state index is 13.4. The van der Waals surface area contributed by atoms with Crippen LogP contribution in [0, 0.1) is 0 Å². The highest BCUT2D eigenvalue weighted by Gasteiger charge is 2.42. The minimum absolute atomic E-state index is 0.304. The Labute approximate surface area is 173 Å². The van der Waals surface area contributed by atoms with Crippen LogP contribution < -0.4 is 4.90 Å². The van der Waals surface area contributed by atoms with E-state index in [-0.39, 0.29) is 11.8 Å². The molecule has 28 heavy (non-hydrogen) atoms. The first kappa shape index (κ1) is 19.0. The predicted octanol–water partition coefficient (Wildman–Crippen LogP) is 3.53. The van der Waals surface area contributed by atoms with Gasteiger partial charge in [-0.05, 0) is 49.0 Å². The van der Waals surface area contributed by atoms with E-state index in [4.69, 9.17) is 23.2 Å². The maximum Gasteiger partial charge on any atom is 0.282 e. The monoisotopic (exact) mass is 415 g/mol. The summed E-state index contributed by atoms with van der Waals surface area (Å²) in [7, 11) is 2.05. The number of halogens is 2. The Hall–Kier alpha value is -2.34. The molecule has 0 saturated carbocycles. The Morgan fingerprint density at radius 3 is 1.86 bits per heavy atom. The van der Waals surface area contributed by atoms with Crippen LogP contribution in [0.4, 0.5) is 5.69 Å². The average Bonchev–Trinajstić information content (AvgIpc) is 2.94. The van der Waals surface area contributed by atoms with Gasteiger partial charge in [-0.1, -0.05) is 35.3 Å². The van der Waals surface area contributed by atoms with E-state index in [2.05, 4.69) is 4.90 Å². The largest absolute Gasteiger partial charge is 0.364 e. The van der Waals surface area contributed by atoms with Crippen molar-refractivity contribution < 1.29 is 9.59 Å². The van der Waals surface area contributed by atoms with E-state index in [1.807, 2.05) is 11.9 Å². The second-order valence-corrected chi connectivity index (χ2v) is 7.82. The normalized spacial score (nSPS) is 18.4. The third kappa shape index (κ3) is 3.41. The first-order valence-electron chi connectivity index (χ1n) is 9.04. The highest BCUT2D eigenvalue weighted by Crippen LogP contribution is 2.35. The molecule has 0 atom stereocenters. The first-order valence-corrected chi connectivity index (χ1v) is 9.79. The van der Waals surface area contributed by atoms with Crippen molar-refractivity contribution in [2.45, 2.75) is 0 Å². The number of carbonyl (C=O) groups is 2. The van der Waals surface area contributed by atoms with Gasteiger partial charge in [0.25, 0.3) is 11.8 Å². The lowest BCUT2D eigenvalue weighted by Gasteiger charge is -2.34. The minimum atomic E-state index is -0.330. The van der Waals surface area contributed by atoms with E-state index in [1.54, 1.807) is 48.5 Å². The number of piperazine rings is 1. The molecular weight excluding hydrogens is 397 g/mol. The molecule has 1 saturated heterocycles. The fourth-order valence-corrected chi connectivity index (χ4v) is 3.79. The molecule has 0 radical (unpaired) electrons. The van der Waals surface area contributed by atoms with E-state index in [0.717, 1.165) is 13.1 Å². The quantitative estimate of drug-likeness (QED) is 0.719. The van der Waals surface area contributed by atoms with Gasteiger partial charge in [0.15, 0.2) is 0 Å². The van der Waals surface area contributed by atoms with E-state index < -0.39 is 0 Å². The molecule has 144 valence electrons. The molecule has 2 aromatic carbocycles. The van der Waals surface area contributed by atoms with Crippen molar-refractivity contribution in [1.29, 1.82) is 0 Å². The summed E-state index contributed by atoms with van der Waals surface area (Å²) in [5.41, 5.74) is 2.07. The van der Waals surface area contributed by atoms with Gasteiger partial charge in [-0.25, -0.2) is 4.90 Å². The topological polar surface area (TPSA) is 43.9 Å². The molecule has 1 fully saturated rings. The number of amides is 2. The lowest BCUT2D eigenvalue weighted by molar-refractivity contribution is -0.120. The molecule has 2 aromatic rings. The van der Waals surface area contributed by atoms with Crippen molar-refractivity contribution in [2.24, 2.45) is 0 Å². The van der Waals surface area contributed by atoms with E-state index >= 15 is 0 Å². The fraction of sp³-hybridized carbons (Fsp3) is 0.238. The SMILES string of the molecule is CN1CCN(C2=C(c3ccc(Cl)cc3)C(=O)N(c3ccc(Cl)cc3)C2=O)CC1. The Morgan fingerprint density at radius 1 is 0.750 bits per heavy atom. The Kier molecular flexibility index (Phi) is 5.15. The third-order valence-corrected chi connectivity index (χ3v) is 5.60. The van der Waals surface area contributed by atoms with Gasteiger partial charge >= 0.3 is 0 Å². The van der Waals surface area contributed by atoms with Gasteiger partial charge in [0.1, 0.15) is 5.70 Å².